The van der Waals surface area contributed by atoms with E-state index >= 15 is 0 Å². The molecule has 10 heavy (non-hydrogen) atoms. The molecule has 0 heterocycles. The van der Waals surface area contributed by atoms with Crippen LogP contribution in [-0.4, -0.2) is 5.71 Å². The summed E-state index contributed by atoms with van der Waals surface area (Å²) in [6, 6.07) is 0. The number of halogens is 2. The number of hydrogen-bond acceptors (Lipinski definition) is 1. The van der Waals surface area contributed by atoms with Crippen molar-refractivity contribution < 1.29 is 0 Å². The first-order chi connectivity index (χ1) is 4.72. The van der Waals surface area contributed by atoms with Crippen molar-refractivity contribution in [1.29, 1.82) is 5.41 Å². The van der Waals surface area contributed by atoms with E-state index < -0.39 is 0 Å². The molecule has 0 fully saturated rings. The van der Waals surface area contributed by atoms with Gasteiger partial charge in [0.25, 0.3) is 0 Å². The van der Waals surface area contributed by atoms with E-state index in [1.54, 1.807) is 0 Å². The zero-order valence-electron chi connectivity index (χ0n) is 5.32. The fourth-order valence-corrected chi connectivity index (χ4v) is 1.21. The lowest BCUT2D eigenvalue weighted by molar-refractivity contribution is 1.06. The molecule has 0 saturated heterocycles. The summed E-state index contributed by atoms with van der Waals surface area (Å²) < 4.78 is 0. The van der Waals surface area contributed by atoms with Crippen LogP contribution >= 0.6 is 23.2 Å². The minimum Gasteiger partial charge on any atom is -0.298 e. The topological polar surface area (TPSA) is 23.9 Å². The third-order valence-electron chi connectivity index (χ3n) is 1.29. The first-order valence-corrected chi connectivity index (χ1v) is 3.78. The van der Waals surface area contributed by atoms with Gasteiger partial charge in [-0.15, -0.1) is 0 Å². The van der Waals surface area contributed by atoms with Crippen LogP contribution in [-0.2, 0) is 0 Å². The normalized spacial score (nSPS) is 19.6. The average molecular weight is 176 g/mol. The van der Waals surface area contributed by atoms with Gasteiger partial charge in [-0.25, -0.2) is 0 Å². The van der Waals surface area contributed by atoms with Crippen LogP contribution in [0.15, 0.2) is 22.2 Å². The summed E-state index contributed by atoms with van der Waals surface area (Å²) in [5, 5.41) is 8.25. The van der Waals surface area contributed by atoms with Crippen molar-refractivity contribution in [2.45, 2.75) is 12.8 Å². The molecule has 1 N–H and O–H groups in total. The van der Waals surface area contributed by atoms with Crippen molar-refractivity contribution >= 4 is 28.9 Å². The highest BCUT2D eigenvalue weighted by atomic mass is 35.5. The number of allylic oxidation sites excluding steroid dienone is 4. The zero-order chi connectivity index (χ0) is 7.56. The molecule has 0 bridgehead atoms. The van der Waals surface area contributed by atoms with Gasteiger partial charge in [0.05, 0.1) is 15.8 Å². The van der Waals surface area contributed by atoms with Gasteiger partial charge in [0.15, 0.2) is 0 Å². The van der Waals surface area contributed by atoms with E-state index in [2.05, 4.69) is 0 Å². The zero-order valence-corrected chi connectivity index (χ0v) is 6.84. The quantitative estimate of drug-likeness (QED) is 0.586. The summed E-state index contributed by atoms with van der Waals surface area (Å²) in [4.78, 5) is 0. The second-order valence-corrected chi connectivity index (χ2v) is 2.87. The van der Waals surface area contributed by atoms with Crippen LogP contribution in [0.4, 0.5) is 0 Å². The van der Waals surface area contributed by atoms with Crippen molar-refractivity contribution in [2.75, 3.05) is 0 Å². The maximum absolute atomic E-state index is 7.34. The lowest BCUT2D eigenvalue weighted by Gasteiger charge is -1.95. The SMILES string of the molecule is N=C1C(Cl)=CCCC=C1Cl. The van der Waals surface area contributed by atoms with Crippen molar-refractivity contribution in [2.24, 2.45) is 0 Å². The Bertz CT molecular complexity index is 194. The molecule has 0 amide bonds. The molecule has 1 rings (SSSR count). The van der Waals surface area contributed by atoms with E-state index in [1.165, 1.54) is 0 Å². The number of nitrogens with one attached hydrogen (secondary N) is 1. The van der Waals surface area contributed by atoms with Gasteiger partial charge in [0, 0.05) is 0 Å². The van der Waals surface area contributed by atoms with Crippen LogP contribution in [0.1, 0.15) is 12.8 Å². The van der Waals surface area contributed by atoms with Crippen LogP contribution in [0.3, 0.4) is 0 Å². The fourth-order valence-electron chi connectivity index (χ4n) is 0.738. The predicted molar refractivity (Wildman–Crippen MR) is 44.8 cm³/mol. The van der Waals surface area contributed by atoms with Gasteiger partial charge < -0.3 is 0 Å². The fraction of sp³-hybridized carbons (Fsp3) is 0.286. The Morgan fingerprint density at radius 2 is 1.50 bits per heavy atom. The maximum atomic E-state index is 7.34. The first-order valence-electron chi connectivity index (χ1n) is 3.02. The molecule has 0 radical (unpaired) electrons. The molecule has 1 aliphatic carbocycles. The molecule has 3 heteroatoms. The minimum absolute atomic E-state index is 0.237. The molecular formula is C7H7Cl2N. The number of hydrogen-bond donors (Lipinski definition) is 1. The van der Waals surface area contributed by atoms with E-state index in [0.717, 1.165) is 12.8 Å². The smallest absolute Gasteiger partial charge is 0.0905 e. The summed E-state index contributed by atoms with van der Waals surface area (Å²) in [7, 11) is 0. The Hall–Kier alpha value is -0.270. The second kappa shape index (κ2) is 3.22. The highest BCUT2D eigenvalue weighted by Crippen LogP contribution is 2.19. The Balaban J connectivity index is 2.90. The van der Waals surface area contributed by atoms with Crippen LogP contribution in [0.5, 0.6) is 0 Å². The molecule has 0 aromatic heterocycles. The molecule has 0 aromatic rings. The van der Waals surface area contributed by atoms with Crippen LogP contribution in [0.25, 0.3) is 0 Å². The largest absolute Gasteiger partial charge is 0.298 e. The molecule has 1 nitrogen and oxygen atoms in total. The van der Waals surface area contributed by atoms with Gasteiger partial charge >= 0.3 is 0 Å². The Morgan fingerprint density at radius 1 is 1.10 bits per heavy atom. The van der Waals surface area contributed by atoms with E-state index in [-0.39, 0.29) is 5.71 Å². The van der Waals surface area contributed by atoms with Gasteiger partial charge in [0.1, 0.15) is 0 Å². The van der Waals surface area contributed by atoms with Crippen molar-refractivity contribution in [1.82, 2.24) is 0 Å². The molecule has 0 unspecified atom stereocenters. The van der Waals surface area contributed by atoms with E-state index in [1.807, 2.05) is 12.2 Å². The highest BCUT2D eigenvalue weighted by molar-refractivity contribution is 6.55. The van der Waals surface area contributed by atoms with E-state index in [4.69, 9.17) is 28.6 Å². The summed E-state index contributed by atoms with van der Waals surface area (Å²) in [6.45, 7) is 0. The molecule has 0 aromatic carbocycles. The summed E-state index contributed by atoms with van der Waals surface area (Å²) in [6.07, 6.45) is 5.38. The molecule has 0 aliphatic heterocycles. The lowest BCUT2D eigenvalue weighted by Crippen LogP contribution is -1.93. The molecule has 0 saturated carbocycles. The maximum Gasteiger partial charge on any atom is 0.0905 e. The second-order valence-electron chi connectivity index (χ2n) is 2.06. The van der Waals surface area contributed by atoms with Gasteiger partial charge in [-0.3, -0.25) is 5.41 Å². The summed E-state index contributed by atoms with van der Waals surface area (Å²) in [5.41, 5.74) is 0.237. The average Bonchev–Trinajstić information content (AvgIpc) is 2.04. The van der Waals surface area contributed by atoms with Crippen molar-refractivity contribution in [3.8, 4) is 0 Å². The van der Waals surface area contributed by atoms with Gasteiger partial charge in [-0.2, -0.15) is 0 Å². The lowest BCUT2D eigenvalue weighted by atomic mass is 10.3. The minimum atomic E-state index is 0.237. The van der Waals surface area contributed by atoms with Crippen LogP contribution < -0.4 is 0 Å². The monoisotopic (exact) mass is 175 g/mol. The van der Waals surface area contributed by atoms with Gasteiger partial charge in [-0.1, -0.05) is 35.4 Å². The van der Waals surface area contributed by atoms with E-state index in [0.29, 0.717) is 10.1 Å². The van der Waals surface area contributed by atoms with E-state index in [9.17, 15) is 0 Å². The molecule has 1 aliphatic rings. The third kappa shape index (κ3) is 1.61. The Labute approximate surface area is 69.8 Å². The third-order valence-corrected chi connectivity index (χ3v) is 1.98. The van der Waals surface area contributed by atoms with Gasteiger partial charge in [0.2, 0.25) is 0 Å². The van der Waals surface area contributed by atoms with Crippen LogP contribution in [0, 0.1) is 5.41 Å². The Morgan fingerprint density at radius 3 is 1.90 bits per heavy atom. The summed E-state index contributed by atoms with van der Waals surface area (Å²) in [5.74, 6) is 0. The molecule has 0 atom stereocenters. The van der Waals surface area contributed by atoms with Gasteiger partial charge in [-0.05, 0) is 12.8 Å². The van der Waals surface area contributed by atoms with Crippen molar-refractivity contribution in [3.63, 3.8) is 0 Å². The molecule has 0 spiro atoms. The van der Waals surface area contributed by atoms with Crippen LogP contribution in [0.2, 0.25) is 0 Å². The first kappa shape index (κ1) is 7.83. The van der Waals surface area contributed by atoms with Crippen molar-refractivity contribution in [3.05, 3.63) is 22.2 Å². The summed E-state index contributed by atoms with van der Waals surface area (Å²) >= 11 is 11.4. The molecule has 54 valence electrons. The Kier molecular flexibility index (Phi) is 2.52. The highest BCUT2D eigenvalue weighted by Gasteiger charge is 2.07. The predicted octanol–water partition coefficient (Wildman–Crippen LogP) is 3.05. The standard InChI is InChI=1S/C7H7Cl2N/c8-5-3-1-2-4-6(9)7(5)10/h3-4,10H,1-2H2. The molecular weight excluding hydrogens is 169 g/mol. The number of rotatable bonds is 0.